The molecule has 1 aliphatic rings. The number of carbonyl (C=O) groups is 2. The SMILES string of the molecule is CC(=O)c1ccc(NC(=O)Cc2cc3c(cc2Br)OCCO3)cc1. The smallest absolute Gasteiger partial charge is 0.228 e. The van der Waals surface area contributed by atoms with Gasteiger partial charge >= 0.3 is 0 Å². The molecule has 1 heterocycles. The highest BCUT2D eigenvalue weighted by atomic mass is 79.9. The molecule has 24 heavy (non-hydrogen) atoms. The molecule has 5 nitrogen and oxygen atoms in total. The fourth-order valence-electron chi connectivity index (χ4n) is 2.41. The van der Waals surface area contributed by atoms with Crippen molar-refractivity contribution in [2.24, 2.45) is 0 Å². The Hall–Kier alpha value is -2.34. The minimum Gasteiger partial charge on any atom is -0.486 e. The van der Waals surface area contributed by atoms with Gasteiger partial charge in [0.25, 0.3) is 0 Å². The first-order valence-electron chi connectivity index (χ1n) is 7.52. The number of fused-ring (bicyclic) bond motifs is 1. The van der Waals surface area contributed by atoms with Crippen molar-refractivity contribution in [2.45, 2.75) is 13.3 Å². The Bertz CT molecular complexity index is 786. The van der Waals surface area contributed by atoms with Crippen molar-refractivity contribution in [3.63, 3.8) is 0 Å². The van der Waals surface area contributed by atoms with Gasteiger partial charge in [-0.05, 0) is 48.9 Å². The molecular formula is C18H16BrNO4. The number of rotatable bonds is 4. The average Bonchev–Trinajstić information content (AvgIpc) is 2.56. The predicted octanol–water partition coefficient (Wildman–Crippen LogP) is 3.60. The summed E-state index contributed by atoms with van der Waals surface area (Å²) >= 11 is 3.46. The first kappa shape index (κ1) is 16.5. The van der Waals surface area contributed by atoms with Gasteiger partial charge < -0.3 is 14.8 Å². The molecule has 0 saturated carbocycles. The molecule has 0 fully saturated rings. The molecule has 1 N–H and O–H groups in total. The Balaban J connectivity index is 1.69. The minimum atomic E-state index is -0.150. The van der Waals surface area contributed by atoms with E-state index < -0.39 is 0 Å². The zero-order valence-corrected chi connectivity index (χ0v) is 14.7. The van der Waals surface area contributed by atoms with Crippen LogP contribution in [-0.2, 0) is 11.2 Å². The third-order valence-electron chi connectivity index (χ3n) is 3.64. The molecule has 0 aromatic heterocycles. The van der Waals surface area contributed by atoms with Gasteiger partial charge in [-0.1, -0.05) is 15.9 Å². The number of nitrogens with one attached hydrogen (secondary N) is 1. The van der Waals surface area contributed by atoms with Crippen molar-refractivity contribution < 1.29 is 19.1 Å². The van der Waals surface area contributed by atoms with Gasteiger partial charge in [-0.15, -0.1) is 0 Å². The fourth-order valence-corrected chi connectivity index (χ4v) is 2.87. The van der Waals surface area contributed by atoms with E-state index in [0.717, 1.165) is 10.0 Å². The molecule has 0 spiro atoms. The van der Waals surface area contributed by atoms with E-state index in [1.54, 1.807) is 24.3 Å². The van der Waals surface area contributed by atoms with E-state index in [-0.39, 0.29) is 18.1 Å². The van der Waals surface area contributed by atoms with Crippen molar-refractivity contribution in [3.05, 3.63) is 52.0 Å². The van der Waals surface area contributed by atoms with Crippen molar-refractivity contribution >= 4 is 33.3 Å². The molecule has 6 heteroatoms. The second-order valence-corrected chi connectivity index (χ2v) is 6.30. The summed E-state index contributed by atoms with van der Waals surface area (Å²) in [6, 6.07) is 10.5. The van der Waals surface area contributed by atoms with Crippen LogP contribution in [-0.4, -0.2) is 24.9 Å². The number of hydrogen-bond acceptors (Lipinski definition) is 4. The highest BCUT2D eigenvalue weighted by Crippen LogP contribution is 2.35. The minimum absolute atomic E-state index is 0.00640. The molecule has 0 unspecified atom stereocenters. The van der Waals surface area contributed by atoms with E-state index in [4.69, 9.17) is 9.47 Å². The molecule has 2 aromatic rings. The molecule has 0 atom stereocenters. The number of halogens is 1. The van der Waals surface area contributed by atoms with Crippen LogP contribution in [0, 0.1) is 0 Å². The van der Waals surface area contributed by atoms with E-state index in [1.165, 1.54) is 6.92 Å². The van der Waals surface area contributed by atoms with Gasteiger partial charge in [0.2, 0.25) is 5.91 Å². The van der Waals surface area contributed by atoms with Gasteiger partial charge in [0.1, 0.15) is 13.2 Å². The van der Waals surface area contributed by atoms with Crippen LogP contribution in [0.2, 0.25) is 0 Å². The number of hydrogen-bond donors (Lipinski definition) is 1. The fraction of sp³-hybridized carbons (Fsp3) is 0.222. The first-order chi connectivity index (χ1) is 11.5. The topological polar surface area (TPSA) is 64.6 Å². The van der Waals surface area contributed by atoms with E-state index in [2.05, 4.69) is 21.2 Å². The maximum absolute atomic E-state index is 12.3. The van der Waals surface area contributed by atoms with Gasteiger partial charge in [0, 0.05) is 15.7 Å². The summed E-state index contributed by atoms with van der Waals surface area (Å²) in [6.07, 6.45) is 0.200. The lowest BCUT2D eigenvalue weighted by molar-refractivity contribution is -0.115. The number of ether oxygens (including phenoxy) is 2. The number of ketones is 1. The van der Waals surface area contributed by atoms with Crippen molar-refractivity contribution in [3.8, 4) is 11.5 Å². The summed E-state index contributed by atoms with van der Waals surface area (Å²) in [5, 5.41) is 2.82. The summed E-state index contributed by atoms with van der Waals surface area (Å²) in [7, 11) is 0. The van der Waals surface area contributed by atoms with Crippen LogP contribution in [0.25, 0.3) is 0 Å². The highest BCUT2D eigenvalue weighted by molar-refractivity contribution is 9.10. The normalized spacial score (nSPS) is 12.6. The predicted molar refractivity (Wildman–Crippen MR) is 93.9 cm³/mol. The quantitative estimate of drug-likeness (QED) is 0.811. The van der Waals surface area contributed by atoms with Crippen LogP contribution in [0.5, 0.6) is 11.5 Å². The molecule has 1 amide bonds. The highest BCUT2D eigenvalue weighted by Gasteiger charge is 2.16. The molecule has 0 aliphatic carbocycles. The van der Waals surface area contributed by atoms with E-state index in [0.29, 0.717) is 36.0 Å². The van der Waals surface area contributed by atoms with Gasteiger partial charge in [0.05, 0.1) is 6.42 Å². The number of benzene rings is 2. The van der Waals surface area contributed by atoms with Crippen LogP contribution in [0.3, 0.4) is 0 Å². The Morgan fingerprint density at radius 3 is 2.33 bits per heavy atom. The van der Waals surface area contributed by atoms with Crippen LogP contribution in [0.1, 0.15) is 22.8 Å². The van der Waals surface area contributed by atoms with Gasteiger partial charge in [-0.25, -0.2) is 0 Å². The zero-order chi connectivity index (χ0) is 17.1. The summed E-state index contributed by atoms with van der Waals surface area (Å²) in [5.41, 5.74) is 2.08. The lowest BCUT2D eigenvalue weighted by Crippen LogP contribution is -2.17. The van der Waals surface area contributed by atoms with Crippen LogP contribution >= 0.6 is 15.9 Å². The molecule has 0 bridgehead atoms. The zero-order valence-electron chi connectivity index (χ0n) is 13.1. The van der Waals surface area contributed by atoms with Crippen molar-refractivity contribution in [2.75, 3.05) is 18.5 Å². The van der Waals surface area contributed by atoms with Gasteiger partial charge in [-0.3, -0.25) is 9.59 Å². The van der Waals surface area contributed by atoms with E-state index in [1.807, 2.05) is 12.1 Å². The van der Waals surface area contributed by atoms with Crippen LogP contribution in [0.15, 0.2) is 40.9 Å². The maximum Gasteiger partial charge on any atom is 0.228 e. The number of carbonyl (C=O) groups excluding carboxylic acids is 2. The molecule has 3 rings (SSSR count). The second-order valence-electron chi connectivity index (χ2n) is 5.45. The van der Waals surface area contributed by atoms with E-state index >= 15 is 0 Å². The largest absolute Gasteiger partial charge is 0.486 e. The van der Waals surface area contributed by atoms with E-state index in [9.17, 15) is 9.59 Å². The van der Waals surface area contributed by atoms with Crippen molar-refractivity contribution in [1.29, 1.82) is 0 Å². The Morgan fingerprint density at radius 1 is 1.08 bits per heavy atom. The standard InChI is InChI=1S/C18H16BrNO4/c1-11(21)12-2-4-14(5-3-12)20-18(22)9-13-8-16-17(10-15(13)19)24-7-6-23-16/h2-5,8,10H,6-7,9H2,1H3,(H,20,22). The lowest BCUT2D eigenvalue weighted by Gasteiger charge is -2.19. The average molecular weight is 390 g/mol. The monoisotopic (exact) mass is 389 g/mol. The molecule has 0 radical (unpaired) electrons. The summed E-state index contributed by atoms with van der Waals surface area (Å²) in [5.74, 6) is 1.17. The maximum atomic E-state index is 12.3. The lowest BCUT2D eigenvalue weighted by atomic mass is 10.1. The molecular weight excluding hydrogens is 374 g/mol. The van der Waals surface area contributed by atoms with Crippen molar-refractivity contribution in [1.82, 2.24) is 0 Å². The second kappa shape index (κ2) is 7.05. The summed E-state index contributed by atoms with van der Waals surface area (Å²) in [6.45, 7) is 2.53. The van der Waals surface area contributed by atoms with Crippen LogP contribution < -0.4 is 14.8 Å². The third-order valence-corrected chi connectivity index (χ3v) is 4.38. The first-order valence-corrected chi connectivity index (χ1v) is 8.31. The molecule has 0 saturated heterocycles. The number of amides is 1. The number of anilines is 1. The van der Waals surface area contributed by atoms with Gasteiger partial charge in [-0.2, -0.15) is 0 Å². The summed E-state index contributed by atoms with van der Waals surface area (Å²) < 4.78 is 11.9. The Morgan fingerprint density at radius 2 is 1.71 bits per heavy atom. The van der Waals surface area contributed by atoms with Crippen LogP contribution in [0.4, 0.5) is 5.69 Å². The Labute approximate surface area is 148 Å². The molecule has 124 valence electrons. The number of Topliss-reactive ketones (excluding diaryl/α,β-unsaturated/α-hetero) is 1. The molecule has 2 aromatic carbocycles. The summed E-state index contributed by atoms with van der Waals surface area (Å²) in [4.78, 5) is 23.5. The Kier molecular flexibility index (Phi) is 4.85. The molecule has 1 aliphatic heterocycles. The third kappa shape index (κ3) is 3.76. The van der Waals surface area contributed by atoms with Gasteiger partial charge in [0.15, 0.2) is 17.3 Å².